The summed E-state index contributed by atoms with van der Waals surface area (Å²) in [5, 5.41) is 8.25. The van der Waals surface area contributed by atoms with Gasteiger partial charge in [0.15, 0.2) is 4.33 Å². The third kappa shape index (κ3) is 3.42. The van der Waals surface area contributed by atoms with Crippen molar-refractivity contribution in [3.05, 3.63) is 0 Å². The normalized spacial score (nSPS) is 12.0. The van der Waals surface area contributed by atoms with Crippen LogP contribution >= 0.6 is 34.8 Å². The average molecular weight is 163 g/mol. The van der Waals surface area contributed by atoms with E-state index in [-0.39, 0.29) is 12.5 Å². The SMILES string of the molecule is OCC(Cl)(Cl)CCl. The molecule has 0 radical (unpaired) electrons. The summed E-state index contributed by atoms with van der Waals surface area (Å²) in [4.78, 5) is 0. The lowest BCUT2D eigenvalue weighted by Gasteiger charge is -2.09. The van der Waals surface area contributed by atoms with Crippen LogP contribution in [0.1, 0.15) is 0 Å². The first-order valence-electron chi connectivity index (χ1n) is 1.67. The molecule has 0 fully saturated rings. The first-order valence-corrected chi connectivity index (χ1v) is 2.96. The van der Waals surface area contributed by atoms with Gasteiger partial charge in [-0.3, -0.25) is 0 Å². The second-order valence-electron chi connectivity index (χ2n) is 1.15. The van der Waals surface area contributed by atoms with Crippen molar-refractivity contribution in [1.82, 2.24) is 0 Å². The smallest absolute Gasteiger partial charge is 0.154 e. The van der Waals surface area contributed by atoms with Crippen LogP contribution in [0.15, 0.2) is 0 Å². The predicted octanol–water partition coefficient (Wildman–Crippen LogP) is 1.39. The van der Waals surface area contributed by atoms with E-state index in [0.29, 0.717) is 0 Å². The molecule has 0 aromatic rings. The van der Waals surface area contributed by atoms with Crippen LogP contribution in [0.2, 0.25) is 0 Å². The summed E-state index contributed by atoms with van der Waals surface area (Å²) in [5.41, 5.74) is 0. The lowest BCUT2D eigenvalue weighted by atomic mass is 10.5. The van der Waals surface area contributed by atoms with Crippen molar-refractivity contribution in [2.45, 2.75) is 4.33 Å². The largest absolute Gasteiger partial charge is 0.393 e. The van der Waals surface area contributed by atoms with Gasteiger partial charge >= 0.3 is 0 Å². The molecule has 1 N–H and O–H groups in total. The van der Waals surface area contributed by atoms with Crippen LogP contribution in [0, 0.1) is 0 Å². The van der Waals surface area contributed by atoms with E-state index in [1.54, 1.807) is 0 Å². The molecule has 0 spiro atoms. The Balaban J connectivity index is 3.36. The molecule has 0 aliphatic heterocycles. The van der Waals surface area contributed by atoms with E-state index in [1.165, 1.54) is 0 Å². The lowest BCUT2D eigenvalue weighted by molar-refractivity contribution is 0.287. The monoisotopic (exact) mass is 162 g/mol. The molecule has 0 saturated carbocycles. The van der Waals surface area contributed by atoms with Gasteiger partial charge in [0.05, 0.1) is 12.5 Å². The third-order valence-electron chi connectivity index (χ3n) is 0.427. The Morgan fingerprint density at radius 2 is 1.86 bits per heavy atom. The second-order valence-corrected chi connectivity index (χ2v) is 3.06. The highest BCUT2D eigenvalue weighted by Crippen LogP contribution is 2.20. The molecule has 0 rings (SSSR count). The van der Waals surface area contributed by atoms with Crippen LogP contribution in [-0.4, -0.2) is 21.9 Å². The molecule has 0 heterocycles. The van der Waals surface area contributed by atoms with E-state index >= 15 is 0 Å². The van der Waals surface area contributed by atoms with Crippen LogP contribution in [0.3, 0.4) is 0 Å². The van der Waals surface area contributed by atoms with E-state index < -0.39 is 4.33 Å². The molecule has 0 bridgehead atoms. The van der Waals surface area contributed by atoms with Crippen molar-refractivity contribution in [2.75, 3.05) is 12.5 Å². The minimum atomic E-state index is -1.15. The van der Waals surface area contributed by atoms with Crippen molar-refractivity contribution >= 4 is 34.8 Å². The number of alkyl halides is 3. The molecule has 7 heavy (non-hydrogen) atoms. The molecule has 0 amide bonds. The van der Waals surface area contributed by atoms with Gasteiger partial charge in [-0.1, -0.05) is 23.2 Å². The minimum Gasteiger partial charge on any atom is -0.393 e. The fraction of sp³-hybridized carbons (Fsp3) is 1.00. The molecule has 0 atom stereocenters. The van der Waals surface area contributed by atoms with Gasteiger partial charge in [-0.2, -0.15) is 0 Å². The lowest BCUT2D eigenvalue weighted by Crippen LogP contribution is -2.19. The van der Waals surface area contributed by atoms with Crippen LogP contribution in [0.25, 0.3) is 0 Å². The Kier molecular flexibility index (Phi) is 3.33. The molecule has 1 nitrogen and oxygen atoms in total. The van der Waals surface area contributed by atoms with Gasteiger partial charge in [0.1, 0.15) is 0 Å². The standard InChI is InChI=1S/C3H5Cl3O/c4-1-3(5,6)2-7/h7H,1-2H2. The fourth-order valence-electron chi connectivity index (χ4n) is 0.0423. The molecule has 0 unspecified atom stereocenters. The van der Waals surface area contributed by atoms with Gasteiger partial charge in [0.25, 0.3) is 0 Å². The third-order valence-corrected chi connectivity index (χ3v) is 1.66. The zero-order valence-corrected chi connectivity index (χ0v) is 5.76. The molecule has 0 saturated heterocycles. The first kappa shape index (κ1) is 7.83. The van der Waals surface area contributed by atoms with Crippen LogP contribution in [0.4, 0.5) is 0 Å². The number of hydrogen-bond acceptors (Lipinski definition) is 1. The second kappa shape index (κ2) is 2.98. The average Bonchev–Trinajstić information content (AvgIpc) is 1.68. The van der Waals surface area contributed by atoms with E-state index in [9.17, 15) is 0 Å². The van der Waals surface area contributed by atoms with Crippen molar-refractivity contribution in [3.8, 4) is 0 Å². The molecule has 0 aliphatic carbocycles. The molecule has 0 aromatic carbocycles. The minimum absolute atomic E-state index is 0.0482. The zero-order chi connectivity index (χ0) is 5.91. The number of hydrogen-bond donors (Lipinski definition) is 1. The summed E-state index contributed by atoms with van der Waals surface area (Å²) < 4.78 is -1.15. The van der Waals surface area contributed by atoms with Gasteiger partial charge in [0.2, 0.25) is 0 Å². The van der Waals surface area contributed by atoms with Gasteiger partial charge in [-0.05, 0) is 0 Å². The van der Waals surface area contributed by atoms with Crippen molar-refractivity contribution in [2.24, 2.45) is 0 Å². The zero-order valence-electron chi connectivity index (χ0n) is 3.50. The van der Waals surface area contributed by atoms with Crippen LogP contribution in [0.5, 0.6) is 0 Å². The van der Waals surface area contributed by atoms with Crippen molar-refractivity contribution in [1.29, 1.82) is 0 Å². The van der Waals surface area contributed by atoms with E-state index in [0.717, 1.165) is 0 Å². The maximum absolute atomic E-state index is 8.25. The Bertz CT molecular complexity index is 48.1. The summed E-state index contributed by atoms with van der Waals surface area (Å²) in [5.74, 6) is 0.0482. The van der Waals surface area contributed by atoms with Gasteiger partial charge in [0, 0.05) is 0 Å². The Hall–Kier alpha value is 0.830. The number of halogens is 3. The Morgan fingerprint density at radius 3 is 1.86 bits per heavy atom. The van der Waals surface area contributed by atoms with E-state index in [1.807, 2.05) is 0 Å². The molecule has 0 aliphatic rings. The van der Waals surface area contributed by atoms with Gasteiger partial charge in [-0.25, -0.2) is 0 Å². The Morgan fingerprint density at radius 1 is 1.43 bits per heavy atom. The number of rotatable bonds is 2. The number of aliphatic hydroxyl groups excluding tert-OH is 1. The van der Waals surface area contributed by atoms with Crippen LogP contribution < -0.4 is 0 Å². The molecule has 44 valence electrons. The topological polar surface area (TPSA) is 20.2 Å². The maximum Gasteiger partial charge on any atom is 0.154 e. The highest BCUT2D eigenvalue weighted by atomic mass is 35.5. The first-order chi connectivity index (χ1) is 3.12. The molecular formula is C3H5Cl3O. The summed E-state index contributed by atoms with van der Waals surface area (Å²) in [7, 11) is 0. The summed E-state index contributed by atoms with van der Waals surface area (Å²) in [6, 6.07) is 0. The highest BCUT2D eigenvalue weighted by molar-refractivity contribution is 6.51. The molecule has 0 aromatic heterocycles. The molecule has 4 heteroatoms. The summed E-state index contributed by atoms with van der Waals surface area (Å²) >= 11 is 15.7. The number of aliphatic hydroxyl groups is 1. The quantitative estimate of drug-likeness (QED) is 0.610. The van der Waals surface area contributed by atoms with E-state index in [2.05, 4.69) is 0 Å². The van der Waals surface area contributed by atoms with E-state index in [4.69, 9.17) is 39.9 Å². The van der Waals surface area contributed by atoms with Crippen LogP contribution in [-0.2, 0) is 0 Å². The summed E-state index contributed by atoms with van der Waals surface area (Å²) in [6.45, 7) is -0.306. The fourth-order valence-corrected chi connectivity index (χ4v) is 0.127. The molecular weight excluding hydrogens is 158 g/mol. The Labute approximate surface area is 57.2 Å². The van der Waals surface area contributed by atoms with Gasteiger partial charge < -0.3 is 5.11 Å². The summed E-state index contributed by atoms with van der Waals surface area (Å²) in [6.07, 6.45) is 0. The predicted molar refractivity (Wildman–Crippen MR) is 32.2 cm³/mol. The maximum atomic E-state index is 8.25. The van der Waals surface area contributed by atoms with Crippen molar-refractivity contribution < 1.29 is 5.11 Å². The van der Waals surface area contributed by atoms with Crippen molar-refractivity contribution in [3.63, 3.8) is 0 Å². The van der Waals surface area contributed by atoms with Gasteiger partial charge in [-0.15, -0.1) is 11.6 Å². The highest BCUT2D eigenvalue weighted by Gasteiger charge is 2.20.